The number of nitrogens with one attached hydrogen (secondary N) is 2. The first-order valence-electron chi connectivity index (χ1n) is 1.92. The van der Waals surface area contributed by atoms with Crippen LogP contribution in [0.4, 0.5) is 0 Å². The maximum atomic E-state index is 5.00. The highest BCUT2D eigenvalue weighted by Crippen LogP contribution is 1.70. The number of hydrogen-bond acceptors (Lipinski definition) is 4. The van der Waals surface area contributed by atoms with Gasteiger partial charge in [-0.25, -0.2) is 11.7 Å². The fraction of sp³-hybridized carbons (Fsp3) is 1.00. The molecule has 0 spiro atoms. The van der Waals surface area contributed by atoms with Crippen molar-refractivity contribution in [2.24, 2.45) is 11.7 Å². The summed E-state index contributed by atoms with van der Waals surface area (Å²) in [5.41, 5.74) is 4.78. The Bertz CT molecular complexity index is 44.0. The first kappa shape index (κ1) is 6.80. The first-order chi connectivity index (χ1) is 3.12. The van der Waals surface area contributed by atoms with Crippen molar-refractivity contribution in [1.82, 2.24) is 11.1 Å². The van der Waals surface area contributed by atoms with Gasteiger partial charge in [0.15, 0.2) is 0 Å². The van der Waals surface area contributed by atoms with E-state index in [-0.39, 0.29) is 4.70 Å². The van der Waals surface area contributed by atoms with E-state index >= 15 is 0 Å². The zero-order chi connectivity index (χ0) is 5.91. The lowest BCUT2D eigenvalue weighted by Gasteiger charge is -2.22. The lowest BCUT2D eigenvalue weighted by atomic mass is 11.1. The number of quaternary nitrogens is 1. The van der Waals surface area contributed by atoms with E-state index in [0.29, 0.717) is 0 Å². The van der Waals surface area contributed by atoms with Crippen molar-refractivity contribution in [3.05, 3.63) is 0 Å². The van der Waals surface area contributed by atoms with Crippen molar-refractivity contribution in [3.63, 3.8) is 0 Å². The summed E-state index contributed by atoms with van der Waals surface area (Å²) in [6, 6.07) is 0. The molecule has 7 heavy (non-hydrogen) atoms. The van der Waals surface area contributed by atoms with Gasteiger partial charge in [-0.1, -0.05) is 11.1 Å². The van der Waals surface area contributed by atoms with E-state index in [9.17, 15) is 0 Å². The molecule has 5 heteroatoms. The van der Waals surface area contributed by atoms with Crippen LogP contribution in [0.25, 0.3) is 0 Å². The Hall–Kier alpha value is -0.200. The molecule has 0 bridgehead atoms. The molecule has 0 saturated heterocycles. The van der Waals surface area contributed by atoms with Gasteiger partial charge in [-0.15, -0.1) is 4.70 Å². The molecule has 0 radical (unpaired) electrons. The third-order valence-corrected chi connectivity index (χ3v) is 0.645. The van der Waals surface area contributed by atoms with E-state index in [1.165, 1.54) is 0 Å². The Morgan fingerprint density at radius 1 is 1.14 bits per heavy atom. The van der Waals surface area contributed by atoms with Crippen LogP contribution in [0.1, 0.15) is 0 Å². The number of rotatable bonds is 2. The average Bonchev–Trinajstić information content (AvgIpc) is 1.68. The van der Waals surface area contributed by atoms with Gasteiger partial charge in [0.25, 0.3) is 0 Å². The van der Waals surface area contributed by atoms with Crippen molar-refractivity contribution in [3.8, 4) is 0 Å². The van der Waals surface area contributed by atoms with Gasteiger partial charge >= 0.3 is 0 Å². The first-order valence-corrected chi connectivity index (χ1v) is 1.92. The summed E-state index contributed by atoms with van der Waals surface area (Å²) in [5, 5.41) is 0. The second-order valence-electron chi connectivity index (χ2n) is 1.71. The fourth-order valence-corrected chi connectivity index (χ4v) is 0.0373. The van der Waals surface area contributed by atoms with Crippen LogP contribution in [0, 0.1) is 0 Å². The maximum absolute atomic E-state index is 5.00. The summed E-state index contributed by atoms with van der Waals surface area (Å²) < 4.78 is 0.194. The summed E-state index contributed by atoms with van der Waals surface area (Å²) in [6.45, 7) is 0. The summed E-state index contributed by atoms with van der Waals surface area (Å²) in [4.78, 5) is 0. The Morgan fingerprint density at radius 2 is 1.43 bits per heavy atom. The molecule has 5 nitrogen and oxygen atoms in total. The van der Waals surface area contributed by atoms with Gasteiger partial charge in [-0.05, 0) is 0 Å². The Labute approximate surface area is 42.7 Å². The zero-order valence-corrected chi connectivity index (χ0v) is 4.60. The average molecular weight is 106 g/mol. The van der Waals surface area contributed by atoms with Gasteiger partial charge in [0.05, 0.1) is 0 Å². The Kier molecular flexibility index (Phi) is 2.13. The van der Waals surface area contributed by atoms with Gasteiger partial charge in [0.1, 0.15) is 14.1 Å². The molecule has 0 aliphatic carbocycles. The monoisotopic (exact) mass is 106 g/mol. The molecule has 0 atom stereocenters. The van der Waals surface area contributed by atoms with Crippen LogP contribution >= 0.6 is 0 Å². The SMILES string of the molecule is C[N+](C)(NN)NN. The van der Waals surface area contributed by atoms with Gasteiger partial charge in [-0.2, -0.15) is 0 Å². The number of hydrogen-bond donors (Lipinski definition) is 4. The molecule has 0 heterocycles. The third-order valence-electron chi connectivity index (χ3n) is 0.645. The fourth-order valence-electron chi connectivity index (χ4n) is 0.0373. The van der Waals surface area contributed by atoms with E-state index in [2.05, 4.69) is 11.1 Å². The summed E-state index contributed by atoms with van der Waals surface area (Å²) in [7, 11) is 3.53. The number of nitrogens with zero attached hydrogens (tertiary/aromatic N) is 1. The normalized spacial score (nSPS) is 12.0. The summed E-state index contributed by atoms with van der Waals surface area (Å²) in [5.74, 6) is 9.99. The molecule has 6 N–H and O–H groups in total. The topological polar surface area (TPSA) is 76.1 Å². The zero-order valence-electron chi connectivity index (χ0n) is 4.60. The Balaban J connectivity index is 3.36. The standard InChI is InChI=1S/C2H12N5/c1-7(2,5-3)6-4/h5-6H,3-4H2,1-2H3/q+1. The number of hydrazine groups is 2. The van der Waals surface area contributed by atoms with Crippen LogP contribution in [-0.2, 0) is 0 Å². The van der Waals surface area contributed by atoms with Crippen molar-refractivity contribution < 1.29 is 4.70 Å². The van der Waals surface area contributed by atoms with Crippen molar-refractivity contribution in [2.45, 2.75) is 0 Å². The second-order valence-corrected chi connectivity index (χ2v) is 1.71. The largest absolute Gasteiger partial charge is 0.224 e. The summed E-state index contributed by atoms with van der Waals surface area (Å²) >= 11 is 0. The van der Waals surface area contributed by atoms with Crippen LogP contribution < -0.4 is 22.8 Å². The quantitative estimate of drug-likeness (QED) is 0.183. The minimum atomic E-state index is 0.194. The van der Waals surface area contributed by atoms with Crippen molar-refractivity contribution >= 4 is 0 Å². The molecule has 0 aromatic heterocycles. The summed E-state index contributed by atoms with van der Waals surface area (Å²) in [6.07, 6.45) is 0. The van der Waals surface area contributed by atoms with E-state index in [1.54, 1.807) is 14.1 Å². The molecule has 0 amide bonds. The van der Waals surface area contributed by atoms with Gasteiger partial charge < -0.3 is 0 Å². The molecule has 0 aliphatic heterocycles. The van der Waals surface area contributed by atoms with Crippen LogP contribution in [0.15, 0.2) is 0 Å². The minimum Gasteiger partial charge on any atom is -0.224 e. The highest BCUT2D eigenvalue weighted by Gasteiger charge is 2.06. The predicted octanol–water partition coefficient (Wildman–Crippen LogP) is -2.18. The lowest BCUT2D eigenvalue weighted by molar-refractivity contribution is -0.978. The van der Waals surface area contributed by atoms with Gasteiger partial charge in [0.2, 0.25) is 0 Å². The molecule has 0 aromatic carbocycles. The van der Waals surface area contributed by atoms with E-state index in [4.69, 9.17) is 11.7 Å². The molecule has 0 aliphatic rings. The second kappa shape index (κ2) is 2.20. The highest BCUT2D eigenvalue weighted by molar-refractivity contribution is 3.88. The van der Waals surface area contributed by atoms with Crippen LogP contribution in [0.2, 0.25) is 0 Å². The van der Waals surface area contributed by atoms with E-state index in [0.717, 1.165) is 0 Å². The lowest BCUT2D eigenvalue weighted by Crippen LogP contribution is -2.65. The smallest absolute Gasteiger partial charge is 0.107 e. The van der Waals surface area contributed by atoms with Crippen LogP contribution in [0.3, 0.4) is 0 Å². The van der Waals surface area contributed by atoms with Gasteiger partial charge in [-0.3, -0.25) is 0 Å². The van der Waals surface area contributed by atoms with Gasteiger partial charge in [0, 0.05) is 0 Å². The molecule has 0 rings (SSSR count). The van der Waals surface area contributed by atoms with Crippen molar-refractivity contribution in [1.29, 1.82) is 0 Å². The molecule has 44 valence electrons. The molecule has 0 fully saturated rings. The highest BCUT2D eigenvalue weighted by atomic mass is 15.9. The number of nitrogens with two attached hydrogens (primary N) is 2. The van der Waals surface area contributed by atoms with E-state index in [1.807, 2.05) is 0 Å². The van der Waals surface area contributed by atoms with Crippen LogP contribution in [-0.4, -0.2) is 18.8 Å². The Morgan fingerprint density at radius 3 is 1.43 bits per heavy atom. The molecular formula is C2H12N5+. The third kappa shape index (κ3) is 2.49. The van der Waals surface area contributed by atoms with E-state index < -0.39 is 0 Å². The van der Waals surface area contributed by atoms with Crippen LogP contribution in [0.5, 0.6) is 0 Å². The predicted molar refractivity (Wildman–Crippen MR) is 26.8 cm³/mol. The molecule has 0 saturated carbocycles. The molecular weight excluding hydrogens is 94.1 g/mol. The molecule has 0 unspecified atom stereocenters. The van der Waals surface area contributed by atoms with Crippen molar-refractivity contribution in [2.75, 3.05) is 14.1 Å². The maximum Gasteiger partial charge on any atom is 0.107 e. The molecule has 0 aromatic rings. The minimum absolute atomic E-state index is 0.194.